The molecule has 0 aliphatic heterocycles. The van der Waals surface area contributed by atoms with Gasteiger partial charge in [-0.3, -0.25) is 0 Å². The Morgan fingerprint density at radius 3 is 2.71 bits per heavy atom. The van der Waals surface area contributed by atoms with Gasteiger partial charge in [-0.2, -0.15) is 0 Å². The van der Waals surface area contributed by atoms with Crippen molar-refractivity contribution in [2.24, 2.45) is 0 Å². The Morgan fingerprint density at radius 2 is 2.07 bits per heavy atom. The maximum Gasteiger partial charge on any atom is 0.0682 e. The molecule has 0 fully saturated rings. The molecule has 1 aromatic rings. The van der Waals surface area contributed by atoms with Crippen molar-refractivity contribution >= 4 is 17.7 Å². The molecule has 76 valence electrons. The number of rotatable bonds is 4. The summed E-state index contributed by atoms with van der Waals surface area (Å²) in [6.07, 6.45) is 4.31. The van der Waals surface area contributed by atoms with E-state index in [4.69, 9.17) is 21.8 Å². The molecule has 0 spiro atoms. The third-order valence-electron chi connectivity index (χ3n) is 1.84. The minimum atomic E-state index is 0.0119. The summed E-state index contributed by atoms with van der Waals surface area (Å²) in [7, 11) is 0. The van der Waals surface area contributed by atoms with Crippen molar-refractivity contribution in [3.8, 4) is 0 Å². The molecule has 0 unspecified atom stereocenters. The van der Waals surface area contributed by atoms with Gasteiger partial charge in [0.25, 0.3) is 0 Å². The fourth-order valence-electron chi connectivity index (χ4n) is 1.10. The number of halogens is 1. The van der Waals surface area contributed by atoms with Crippen molar-refractivity contribution in [1.82, 2.24) is 0 Å². The Bertz CT molecular complexity index is 321. The third kappa shape index (κ3) is 3.14. The molecule has 2 nitrogen and oxygen atoms in total. The lowest BCUT2D eigenvalue weighted by Gasteiger charge is -2.01. The van der Waals surface area contributed by atoms with Crippen molar-refractivity contribution in [1.29, 1.82) is 0 Å². The molecule has 0 saturated heterocycles. The van der Waals surface area contributed by atoms with Crippen LogP contribution in [0, 0.1) is 0 Å². The minimum Gasteiger partial charge on any atom is -0.396 e. The zero-order valence-electron chi connectivity index (χ0n) is 7.78. The van der Waals surface area contributed by atoms with E-state index >= 15 is 0 Å². The standard InChI is InChI=1S/C11H13ClO2/c12-11-5-4-9(8-14)7-10(11)3-1-2-6-13/h1,3-5,7,13-14H,2,6,8H2. The van der Waals surface area contributed by atoms with Crippen molar-refractivity contribution in [3.05, 3.63) is 40.4 Å². The van der Waals surface area contributed by atoms with Gasteiger partial charge in [0.2, 0.25) is 0 Å². The Labute approximate surface area is 88.5 Å². The number of hydrogen-bond acceptors (Lipinski definition) is 2. The molecular weight excluding hydrogens is 200 g/mol. The molecule has 0 amide bonds. The predicted octanol–water partition coefficient (Wildman–Crippen LogP) is 2.23. The predicted molar refractivity (Wildman–Crippen MR) is 58.1 cm³/mol. The first-order valence-corrected chi connectivity index (χ1v) is 4.82. The summed E-state index contributed by atoms with van der Waals surface area (Å²) in [6.45, 7) is 0.145. The van der Waals surface area contributed by atoms with E-state index in [1.165, 1.54) is 0 Å². The second-order valence-electron chi connectivity index (χ2n) is 2.93. The number of benzene rings is 1. The van der Waals surface area contributed by atoms with E-state index in [1.54, 1.807) is 12.1 Å². The molecule has 0 aromatic heterocycles. The van der Waals surface area contributed by atoms with Crippen LogP contribution in [0.4, 0.5) is 0 Å². The topological polar surface area (TPSA) is 40.5 Å². The Hall–Kier alpha value is -0.830. The van der Waals surface area contributed by atoms with Gasteiger partial charge in [0, 0.05) is 11.6 Å². The van der Waals surface area contributed by atoms with Crippen molar-refractivity contribution in [2.45, 2.75) is 13.0 Å². The van der Waals surface area contributed by atoms with Crippen LogP contribution in [-0.2, 0) is 6.61 Å². The first-order valence-electron chi connectivity index (χ1n) is 4.44. The van der Waals surface area contributed by atoms with Crippen LogP contribution >= 0.6 is 11.6 Å². The monoisotopic (exact) mass is 212 g/mol. The zero-order chi connectivity index (χ0) is 10.4. The highest BCUT2D eigenvalue weighted by molar-refractivity contribution is 6.32. The van der Waals surface area contributed by atoms with Gasteiger partial charge in [-0.25, -0.2) is 0 Å². The summed E-state index contributed by atoms with van der Waals surface area (Å²) in [6, 6.07) is 5.37. The maximum atomic E-state index is 8.92. The average molecular weight is 213 g/mol. The van der Waals surface area contributed by atoms with E-state index in [0.717, 1.165) is 11.1 Å². The van der Waals surface area contributed by atoms with Crippen molar-refractivity contribution in [3.63, 3.8) is 0 Å². The molecule has 0 aliphatic rings. The first kappa shape index (κ1) is 11.2. The van der Waals surface area contributed by atoms with Gasteiger partial charge in [0.15, 0.2) is 0 Å². The zero-order valence-corrected chi connectivity index (χ0v) is 8.54. The summed E-state index contributed by atoms with van der Waals surface area (Å²) in [4.78, 5) is 0. The molecule has 0 radical (unpaired) electrons. The number of aliphatic hydroxyl groups excluding tert-OH is 2. The van der Waals surface area contributed by atoms with E-state index in [2.05, 4.69) is 0 Å². The molecular formula is C11H13ClO2. The van der Waals surface area contributed by atoms with Gasteiger partial charge in [-0.15, -0.1) is 0 Å². The highest BCUT2D eigenvalue weighted by atomic mass is 35.5. The van der Waals surface area contributed by atoms with Gasteiger partial charge in [-0.1, -0.05) is 29.8 Å². The molecule has 0 bridgehead atoms. The Morgan fingerprint density at radius 1 is 1.29 bits per heavy atom. The van der Waals surface area contributed by atoms with Crippen LogP contribution < -0.4 is 0 Å². The van der Waals surface area contributed by atoms with Gasteiger partial charge >= 0.3 is 0 Å². The Balaban J connectivity index is 2.83. The molecule has 14 heavy (non-hydrogen) atoms. The third-order valence-corrected chi connectivity index (χ3v) is 2.18. The molecule has 0 atom stereocenters. The molecule has 0 saturated carbocycles. The average Bonchev–Trinajstić information content (AvgIpc) is 2.21. The summed E-state index contributed by atoms with van der Waals surface area (Å²) in [5.41, 5.74) is 1.70. The van der Waals surface area contributed by atoms with Crippen LogP contribution in [0.5, 0.6) is 0 Å². The first-order chi connectivity index (χ1) is 6.77. The fraction of sp³-hybridized carbons (Fsp3) is 0.273. The largest absolute Gasteiger partial charge is 0.396 e. The van der Waals surface area contributed by atoms with E-state index in [0.29, 0.717) is 11.4 Å². The number of hydrogen-bond donors (Lipinski definition) is 2. The molecule has 2 N–H and O–H groups in total. The van der Waals surface area contributed by atoms with Gasteiger partial charge in [0.05, 0.1) is 6.61 Å². The normalized spacial score (nSPS) is 11.1. The van der Waals surface area contributed by atoms with E-state index < -0.39 is 0 Å². The highest BCUT2D eigenvalue weighted by Gasteiger charge is 1.97. The van der Waals surface area contributed by atoms with E-state index in [-0.39, 0.29) is 13.2 Å². The van der Waals surface area contributed by atoms with Crippen LogP contribution in [0.1, 0.15) is 17.5 Å². The second-order valence-corrected chi connectivity index (χ2v) is 3.34. The van der Waals surface area contributed by atoms with Gasteiger partial charge in [-0.05, 0) is 29.7 Å². The lowest BCUT2D eigenvalue weighted by Crippen LogP contribution is -1.85. The van der Waals surface area contributed by atoms with E-state index in [1.807, 2.05) is 18.2 Å². The summed E-state index contributed by atoms with van der Waals surface area (Å²) in [5.74, 6) is 0. The Kier molecular flexibility index (Phi) is 4.66. The number of aliphatic hydroxyl groups is 2. The highest BCUT2D eigenvalue weighted by Crippen LogP contribution is 2.19. The summed E-state index contributed by atoms with van der Waals surface area (Å²) >= 11 is 5.94. The van der Waals surface area contributed by atoms with Gasteiger partial charge < -0.3 is 10.2 Å². The van der Waals surface area contributed by atoms with Crippen molar-refractivity contribution < 1.29 is 10.2 Å². The van der Waals surface area contributed by atoms with Crippen LogP contribution in [0.3, 0.4) is 0 Å². The minimum absolute atomic E-state index is 0.0119. The van der Waals surface area contributed by atoms with E-state index in [9.17, 15) is 0 Å². The maximum absolute atomic E-state index is 8.92. The molecule has 1 rings (SSSR count). The van der Waals surface area contributed by atoms with Gasteiger partial charge in [0.1, 0.15) is 0 Å². The van der Waals surface area contributed by atoms with Crippen LogP contribution in [0.25, 0.3) is 6.08 Å². The molecule has 0 heterocycles. The molecule has 3 heteroatoms. The smallest absolute Gasteiger partial charge is 0.0682 e. The quantitative estimate of drug-likeness (QED) is 0.804. The van der Waals surface area contributed by atoms with Crippen LogP contribution in [-0.4, -0.2) is 16.8 Å². The lowest BCUT2D eigenvalue weighted by atomic mass is 10.1. The fourth-order valence-corrected chi connectivity index (χ4v) is 1.28. The van der Waals surface area contributed by atoms with Crippen LogP contribution in [0.2, 0.25) is 5.02 Å². The van der Waals surface area contributed by atoms with Crippen molar-refractivity contribution in [2.75, 3.05) is 6.61 Å². The van der Waals surface area contributed by atoms with Crippen LogP contribution in [0.15, 0.2) is 24.3 Å². The molecule has 1 aromatic carbocycles. The summed E-state index contributed by atoms with van der Waals surface area (Å²) in [5, 5.41) is 18.2. The second kappa shape index (κ2) is 5.81. The SMILES string of the molecule is OCCC=Cc1cc(CO)ccc1Cl. The molecule has 0 aliphatic carbocycles. The summed E-state index contributed by atoms with van der Waals surface area (Å²) < 4.78 is 0. The lowest BCUT2D eigenvalue weighted by molar-refractivity contribution is 0.282.